The molecule has 1 aliphatic rings. The van der Waals surface area contributed by atoms with E-state index in [2.05, 4.69) is 45.1 Å². The second kappa shape index (κ2) is 7.38. The van der Waals surface area contributed by atoms with Crippen molar-refractivity contribution in [1.29, 1.82) is 0 Å². The molecule has 0 saturated heterocycles. The van der Waals surface area contributed by atoms with Crippen LogP contribution in [0.15, 0.2) is 0 Å². The van der Waals surface area contributed by atoms with Crippen LogP contribution >= 0.6 is 0 Å². The lowest BCUT2D eigenvalue weighted by molar-refractivity contribution is 0.208. The van der Waals surface area contributed by atoms with Gasteiger partial charge in [0.2, 0.25) is 0 Å². The van der Waals surface area contributed by atoms with Crippen molar-refractivity contribution in [2.24, 2.45) is 11.8 Å². The van der Waals surface area contributed by atoms with E-state index in [0.717, 1.165) is 23.9 Å². The number of nitrogens with one attached hydrogen (secondary N) is 1. The molecule has 1 saturated carbocycles. The van der Waals surface area contributed by atoms with Crippen LogP contribution in [-0.2, 0) is 0 Å². The Morgan fingerprint density at radius 2 is 1.94 bits per heavy atom. The van der Waals surface area contributed by atoms with E-state index in [1.807, 2.05) is 0 Å². The Labute approximate surface area is 108 Å². The molecule has 0 aromatic rings. The van der Waals surface area contributed by atoms with Crippen LogP contribution in [-0.4, -0.2) is 37.6 Å². The zero-order chi connectivity index (χ0) is 12.8. The first-order chi connectivity index (χ1) is 8.04. The molecule has 0 spiro atoms. The molecule has 2 heteroatoms. The number of hydrogen-bond donors (Lipinski definition) is 1. The van der Waals surface area contributed by atoms with Crippen molar-refractivity contribution in [2.75, 3.05) is 20.6 Å². The minimum Gasteiger partial charge on any atom is -0.317 e. The monoisotopic (exact) mass is 240 g/mol. The van der Waals surface area contributed by atoms with Crippen molar-refractivity contribution >= 4 is 0 Å². The third-order valence-corrected chi connectivity index (χ3v) is 4.45. The van der Waals surface area contributed by atoms with Crippen molar-refractivity contribution < 1.29 is 0 Å². The highest BCUT2D eigenvalue weighted by atomic mass is 15.1. The molecule has 17 heavy (non-hydrogen) atoms. The molecule has 0 bridgehead atoms. The number of nitrogens with zero attached hydrogens (tertiary/aromatic N) is 1. The third-order valence-electron chi connectivity index (χ3n) is 4.45. The van der Waals surface area contributed by atoms with Gasteiger partial charge in [0.25, 0.3) is 0 Å². The van der Waals surface area contributed by atoms with Crippen LogP contribution in [0.5, 0.6) is 0 Å². The molecule has 0 radical (unpaired) electrons. The molecule has 3 atom stereocenters. The van der Waals surface area contributed by atoms with Gasteiger partial charge in [0.05, 0.1) is 0 Å². The van der Waals surface area contributed by atoms with Crippen LogP contribution in [0.4, 0.5) is 0 Å². The van der Waals surface area contributed by atoms with Gasteiger partial charge in [-0.25, -0.2) is 0 Å². The second-order valence-electron chi connectivity index (χ2n) is 6.33. The predicted octanol–water partition coefficient (Wildman–Crippen LogP) is 3.13. The van der Waals surface area contributed by atoms with Gasteiger partial charge in [0.15, 0.2) is 0 Å². The molecule has 1 aliphatic carbocycles. The van der Waals surface area contributed by atoms with Gasteiger partial charge < -0.3 is 10.2 Å². The first-order valence-corrected chi connectivity index (χ1v) is 7.42. The van der Waals surface area contributed by atoms with Gasteiger partial charge in [-0.15, -0.1) is 0 Å². The summed E-state index contributed by atoms with van der Waals surface area (Å²) in [5.41, 5.74) is 0. The largest absolute Gasteiger partial charge is 0.317 e. The highest BCUT2D eigenvalue weighted by Gasteiger charge is 2.26. The van der Waals surface area contributed by atoms with E-state index in [4.69, 9.17) is 0 Å². The smallest absolute Gasteiger partial charge is 0.00928 e. The van der Waals surface area contributed by atoms with E-state index in [0.29, 0.717) is 0 Å². The fourth-order valence-electron chi connectivity index (χ4n) is 3.21. The van der Waals surface area contributed by atoms with Crippen molar-refractivity contribution in [3.05, 3.63) is 0 Å². The van der Waals surface area contributed by atoms with Crippen LogP contribution in [0.3, 0.4) is 0 Å². The summed E-state index contributed by atoms with van der Waals surface area (Å²) in [5, 5.41) is 3.48. The molecule has 1 rings (SSSR count). The average molecular weight is 240 g/mol. The van der Waals surface area contributed by atoms with Crippen LogP contribution < -0.4 is 5.32 Å². The predicted molar refractivity (Wildman–Crippen MR) is 76.4 cm³/mol. The maximum absolute atomic E-state index is 3.48. The molecule has 102 valence electrons. The first-order valence-electron chi connectivity index (χ1n) is 7.42. The van der Waals surface area contributed by atoms with Crippen molar-refractivity contribution in [3.63, 3.8) is 0 Å². The van der Waals surface area contributed by atoms with Crippen LogP contribution in [0.2, 0.25) is 0 Å². The maximum Gasteiger partial charge on any atom is 0.00928 e. The molecule has 0 aliphatic heterocycles. The van der Waals surface area contributed by atoms with Crippen molar-refractivity contribution in [3.8, 4) is 0 Å². The fraction of sp³-hybridized carbons (Fsp3) is 1.00. The normalized spacial score (nSPS) is 27.0. The average Bonchev–Trinajstić information content (AvgIpc) is 2.72. The van der Waals surface area contributed by atoms with E-state index in [9.17, 15) is 0 Å². The zero-order valence-electron chi connectivity index (χ0n) is 12.5. The molecule has 1 fully saturated rings. The first kappa shape index (κ1) is 15.0. The summed E-state index contributed by atoms with van der Waals surface area (Å²) in [7, 11) is 4.41. The topological polar surface area (TPSA) is 15.3 Å². The second-order valence-corrected chi connectivity index (χ2v) is 6.33. The number of rotatable bonds is 7. The van der Waals surface area contributed by atoms with E-state index in [-0.39, 0.29) is 0 Å². The summed E-state index contributed by atoms with van der Waals surface area (Å²) >= 11 is 0. The van der Waals surface area contributed by atoms with E-state index >= 15 is 0 Å². The van der Waals surface area contributed by atoms with Gasteiger partial charge in [-0.2, -0.15) is 0 Å². The molecule has 0 amide bonds. The Bertz CT molecular complexity index is 203. The minimum atomic E-state index is 0.726. The maximum atomic E-state index is 3.48. The summed E-state index contributed by atoms with van der Waals surface area (Å²) in [6, 6.07) is 1.51. The molecular weight excluding hydrogens is 208 g/mol. The molecule has 3 unspecified atom stereocenters. The van der Waals surface area contributed by atoms with E-state index in [1.54, 1.807) is 0 Å². The highest BCUT2D eigenvalue weighted by Crippen LogP contribution is 2.28. The SMILES string of the molecule is CNC1CCCC1CCN(C)C(C)CC(C)C. The molecule has 0 aromatic heterocycles. The Hall–Kier alpha value is -0.0800. The van der Waals surface area contributed by atoms with Crippen molar-refractivity contribution in [1.82, 2.24) is 10.2 Å². The quantitative estimate of drug-likeness (QED) is 0.735. The zero-order valence-corrected chi connectivity index (χ0v) is 12.5. The molecule has 2 nitrogen and oxygen atoms in total. The summed E-state index contributed by atoms with van der Waals surface area (Å²) in [5.74, 6) is 1.72. The van der Waals surface area contributed by atoms with Crippen molar-refractivity contribution in [2.45, 2.75) is 65.0 Å². The molecule has 0 aromatic carbocycles. The summed E-state index contributed by atoms with van der Waals surface area (Å²) in [6.07, 6.45) is 6.91. The standard InChI is InChI=1S/C15H32N2/c1-12(2)11-13(3)17(5)10-9-14-7-6-8-15(14)16-4/h12-16H,6-11H2,1-5H3. The lowest BCUT2D eigenvalue weighted by Crippen LogP contribution is -2.35. The minimum absolute atomic E-state index is 0.726. The van der Waals surface area contributed by atoms with Gasteiger partial charge >= 0.3 is 0 Å². The lowest BCUT2D eigenvalue weighted by atomic mass is 9.98. The van der Waals surface area contributed by atoms with Gasteiger partial charge in [-0.05, 0) is 65.1 Å². The highest BCUT2D eigenvalue weighted by molar-refractivity contribution is 4.82. The van der Waals surface area contributed by atoms with E-state index < -0.39 is 0 Å². The Morgan fingerprint density at radius 3 is 2.53 bits per heavy atom. The molecule has 1 N–H and O–H groups in total. The number of hydrogen-bond acceptors (Lipinski definition) is 2. The molecular formula is C15H32N2. The summed E-state index contributed by atoms with van der Waals surface area (Å²) < 4.78 is 0. The van der Waals surface area contributed by atoms with Gasteiger partial charge in [0.1, 0.15) is 0 Å². The van der Waals surface area contributed by atoms with Gasteiger partial charge in [-0.1, -0.05) is 20.3 Å². The lowest BCUT2D eigenvalue weighted by Gasteiger charge is -2.28. The fourth-order valence-corrected chi connectivity index (χ4v) is 3.21. The van der Waals surface area contributed by atoms with Gasteiger partial charge in [0, 0.05) is 12.1 Å². The Kier molecular flexibility index (Phi) is 6.50. The van der Waals surface area contributed by atoms with Crippen LogP contribution in [0.1, 0.15) is 52.9 Å². The van der Waals surface area contributed by atoms with Crippen LogP contribution in [0, 0.1) is 11.8 Å². The molecule has 0 heterocycles. The summed E-state index contributed by atoms with van der Waals surface area (Å²) in [4.78, 5) is 2.55. The van der Waals surface area contributed by atoms with E-state index in [1.165, 1.54) is 38.6 Å². The third kappa shape index (κ3) is 4.97. The van der Waals surface area contributed by atoms with Crippen LogP contribution in [0.25, 0.3) is 0 Å². The Balaban J connectivity index is 2.24. The summed E-state index contributed by atoms with van der Waals surface area (Å²) in [6.45, 7) is 8.26. The van der Waals surface area contributed by atoms with Gasteiger partial charge in [-0.3, -0.25) is 0 Å². The Morgan fingerprint density at radius 1 is 1.24 bits per heavy atom.